The van der Waals surface area contributed by atoms with Crippen LogP contribution in [-0.2, 0) is 6.42 Å². The van der Waals surface area contributed by atoms with E-state index in [0.717, 1.165) is 11.4 Å². The quantitative estimate of drug-likeness (QED) is 0.850. The number of aliphatic hydroxyl groups is 1. The number of aliphatic hydroxyl groups excluding tert-OH is 1. The topological polar surface area (TPSA) is 47.3 Å². The Kier molecular flexibility index (Phi) is 3.83. The summed E-state index contributed by atoms with van der Waals surface area (Å²) in [6.45, 7) is 0.146. The zero-order valence-electron chi connectivity index (χ0n) is 9.85. The fraction of sp³-hybridized carbons (Fsp3) is 0.750. The first-order valence-electron chi connectivity index (χ1n) is 6.08. The number of nitrogens with zero attached hydrogens (tertiary/aromatic N) is 2. The molecule has 16 heavy (non-hydrogen) atoms. The van der Waals surface area contributed by atoms with Crippen molar-refractivity contribution in [3.8, 4) is 5.88 Å². The predicted molar refractivity (Wildman–Crippen MR) is 61.7 cm³/mol. The van der Waals surface area contributed by atoms with Crippen molar-refractivity contribution in [2.75, 3.05) is 13.7 Å². The first kappa shape index (κ1) is 11.5. The van der Waals surface area contributed by atoms with Crippen molar-refractivity contribution in [3.63, 3.8) is 0 Å². The van der Waals surface area contributed by atoms with Crippen LogP contribution in [0.4, 0.5) is 0 Å². The van der Waals surface area contributed by atoms with Gasteiger partial charge >= 0.3 is 0 Å². The van der Waals surface area contributed by atoms with E-state index in [1.807, 2.05) is 10.9 Å². The lowest BCUT2D eigenvalue weighted by atomic mass is 9.96. The third-order valence-corrected chi connectivity index (χ3v) is 3.32. The Morgan fingerprint density at radius 1 is 1.44 bits per heavy atom. The second-order valence-electron chi connectivity index (χ2n) is 4.39. The molecule has 4 heteroatoms. The van der Waals surface area contributed by atoms with Crippen molar-refractivity contribution in [2.45, 2.75) is 44.6 Å². The molecule has 1 heterocycles. The van der Waals surface area contributed by atoms with Gasteiger partial charge in [-0.25, -0.2) is 4.68 Å². The molecular formula is C12H20N2O2. The Hall–Kier alpha value is -1.03. The molecule has 90 valence electrons. The summed E-state index contributed by atoms with van der Waals surface area (Å²) in [5.41, 5.74) is 1.01. The zero-order chi connectivity index (χ0) is 11.4. The van der Waals surface area contributed by atoms with Crippen molar-refractivity contribution >= 4 is 0 Å². The molecule has 0 amide bonds. The molecule has 0 saturated heterocycles. The summed E-state index contributed by atoms with van der Waals surface area (Å²) in [6, 6.07) is 0.483. The van der Waals surface area contributed by atoms with Gasteiger partial charge < -0.3 is 9.84 Å². The Labute approximate surface area is 96.2 Å². The van der Waals surface area contributed by atoms with Gasteiger partial charge in [-0.3, -0.25) is 0 Å². The second-order valence-corrected chi connectivity index (χ2v) is 4.39. The average Bonchev–Trinajstić information content (AvgIpc) is 2.73. The van der Waals surface area contributed by atoms with Crippen LogP contribution in [0.1, 0.15) is 43.7 Å². The highest BCUT2D eigenvalue weighted by atomic mass is 16.5. The number of hydrogen-bond acceptors (Lipinski definition) is 3. The largest absolute Gasteiger partial charge is 0.481 e. The molecule has 1 aliphatic carbocycles. The smallest absolute Gasteiger partial charge is 0.215 e. The number of aromatic nitrogens is 2. The van der Waals surface area contributed by atoms with Crippen LogP contribution in [0.5, 0.6) is 5.88 Å². The third kappa shape index (κ3) is 2.21. The van der Waals surface area contributed by atoms with Crippen molar-refractivity contribution in [3.05, 3.63) is 11.8 Å². The number of ether oxygens (including phenoxy) is 1. The molecular weight excluding hydrogens is 204 g/mol. The second kappa shape index (κ2) is 5.34. The molecule has 1 aliphatic rings. The normalized spacial score (nSPS) is 17.6. The van der Waals surface area contributed by atoms with E-state index in [0.29, 0.717) is 12.5 Å². The van der Waals surface area contributed by atoms with E-state index >= 15 is 0 Å². The van der Waals surface area contributed by atoms with Crippen molar-refractivity contribution in [1.82, 2.24) is 9.78 Å². The lowest BCUT2D eigenvalue weighted by Crippen LogP contribution is -2.15. The molecule has 1 aromatic rings. The van der Waals surface area contributed by atoms with E-state index in [4.69, 9.17) is 9.84 Å². The van der Waals surface area contributed by atoms with E-state index in [9.17, 15) is 0 Å². The van der Waals surface area contributed by atoms with Gasteiger partial charge in [0.25, 0.3) is 0 Å². The monoisotopic (exact) mass is 224 g/mol. The van der Waals surface area contributed by atoms with E-state index in [-0.39, 0.29) is 6.61 Å². The van der Waals surface area contributed by atoms with E-state index in [1.165, 1.54) is 32.1 Å². The van der Waals surface area contributed by atoms with Crippen molar-refractivity contribution in [1.29, 1.82) is 0 Å². The average molecular weight is 224 g/mol. The van der Waals surface area contributed by atoms with Crippen LogP contribution >= 0.6 is 0 Å². The Bertz CT molecular complexity index is 330. The van der Waals surface area contributed by atoms with Crippen LogP contribution in [0.3, 0.4) is 0 Å². The van der Waals surface area contributed by atoms with Crippen molar-refractivity contribution < 1.29 is 9.84 Å². The molecule has 2 rings (SSSR count). The van der Waals surface area contributed by atoms with Crippen molar-refractivity contribution in [2.24, 2.45) is 0 Å². The summed E-state index contributed by atoms with van der Waals surface area (Å²) in [5.74, 6) is 0.834. The summed E-state index contributed by atoms with van der Waals surface area (Å²) in [6.07, 6.45) is 8.72. The molecule has 1 aromatic heterocycles. The molecule has 0 aromatic carbocycles. The summed E-state index contributed by atoms with van der Waals surface area (Å²) in [5, 5.41) is 13.4. The maximum Gasteiger partial charge on any atom is 0.215 e. The maximum absolute atomic E-state index is 8.97. The summed E-state index contributed by atoms with van der Waals surface area (Å²) >= 11 is 0. The highest BCUT2D eigenvalue weighted by Crippen LogP contribution is 2.32. The fourth-order valence-electron chi connectivity index (χ4n) is 2.49. The molecule has 1 saturated carbocycles. The van der Waals surface area contributed by atoms with Crippen LogP contribution in [0.2, 0.25) is 0 Å². The molecule has 0 bridgehead atoms. The van der Waals surface area contributed by atoms with Crippen LogP contribution in [0.25, 0.3) is 0 Å². The van der Waals surface area contributed by atoms with Gasteiger partial charge in [0.15, 0.2) is 0 Å². The van der Waals surface area contributed by atoms with E-state index in [2.05, 4.69) is 5.10 Å². The fourth-order valence-corrected chi connectivity index (χ4v) is 2.49. The molecule has 4 nitrogen and oxygen atoms in total. The van der Waals surface area contributed by atoms with Gasteiger partial charge in [-0.2, -0.15) is 5.10 Å². The Morgan fingerprint density at radius 2 is 2.19 bits per heavy atom. The lowest BCUT2D eigenvalue weighted by molar-refractivity contribution is 0.273. The van der Waals surface area contributed by atoms with Gasteiger partial charge in [-0.1, -0.05) is 19.3 Å². The van der Waals surface area contributed by atoms with Gasteiger partial charge in [-0.05, 0) is 12.8 Å². The highest BCUT2D eigenvalue weighted by molar-refractivity contribution is 5.25. The molecule has 0 spiro atoms. The lowest BCUT2D eigenvalue weighted by Gasteiger charge is -2.23. The van der Waals surface area contributed by atoms with Gasteiger partial charge in [0.2, 0.25) is 5.88 Å². The SMILES string of the molecule is COc1c(CCO)cnn1C1CCCCC1. The highest BCUT2D eigenvalue weighted by Gasteiger charge is 2.21. The van der Waals surface area contributed by atoms with Crippen LogP contribution < -0.4 is 4.74 Å². The van der Waals surface area contributed by atoms with Gasteiger partial charge in [0.1, 0.15) is 0 Å². The minimum absolute atomic E-state index is 0.146. The third-order valence-electron chi connectivity index (χ3n) is 3.32. The van der Waals surface area contributed by atoms with E-state index in [1.54, 1.807) is 7.11 Å². The first-order valence-corrected chi connectivity index (χ1v) is 6.08. The zero-order valence-corrected chi connectivity index (χ0v) is 9.85. The first-order chi connectivity index (χ1) is 7.86. The summed E-state index contributed by atoms with van der Waals surface area (Å²) in [7, 11) is 1.68. The Balaban J connectivity index is 2.18. The van der Waals surface area contributed by atoms with E-state index < -0.39 is 0 Å². The molecule has 0 aliphatic heterocycles. The van der Waals surface area contributed by atoms with Gasteiger partial charge in [0.05, 0.1) is 19.3 Å². The molecule has 0 unspecified atom stereocenters. The number of hydrogen-bond donors (Lipinski definition) is 1. The van der Waals surface area contributed by atoms with Gasteiger partial charge in [-0.15, -0.1) is 0 Å². The molecule has 0 radical (unpaired) electrons. The Morgan fingerprint density at radius 3 is 2.81 bits per heavy atom. The standard InChI is InChI=1S/C12H20N2O2/c1-16-12-10(7-8-15)9-13-14(12)11-5-3-2-4-6-11/h9,11,15H,2-8H2,1H3. The summed E-state index contributed by atoms with van der Waals surface area (Å²) in [4.78, 5) is 0. The van der Waals surface area contributed by atoms with Crippen LogP contribution in [-0.4, -0.2) is 28.6 Å². The number of rotatable bonds is 4. The summed E-state index contributed by atoms with van der Waals surface area (Å²) < 4.78 is 7.42. The predicted octanol–water partition coefficient (Wildman–Crippen LogP) is 1.93. The molecule has 0 atom stereocenters. The van der Waals surface area contributed by atoms with Crippen LogP contribution in [0.15, 0.2) is 6.20 Å². The van der Waals surface area contributed by atoms with Crippen LogP contribution in [0, 0.1) is 0 Å². The maximum atomic E-state index is 8.97. The van der Waals surface area contributed by atoms with Gasteiger partial charge in [0, 0.05) is 18.6 Å². The minimum atomic E-state index is 0.146. The molecule has 1 N–H and O–H groups in total. The number of methoxy groups -OCH3 is 1. The molecule has 1 fully saturated rings. The minimum Gasteiger partial charge on any atom is -0.481 e.